The summed E-state index contributed by atoms with van der Waals surface area (Å²) in [6.07, 6.45) is 5.93. The van der Waals surface area contributed by atoms with Crippen LogP contribution in [0, 0.1) is 18.3 Å². The second-order valence-corrected chi connectivity index (χ2v) is 7.95. The summed E-state index contributed by atoms with van der Waals surface area (Å²) in [7, 11) is 0. The zero-order chi connectivity index (χ0) is 13.3. The summed E-state index contributed by atoms with van der Waals surface area (Å²) < 4.78 is 0. The lowest BCUT2D eigenvalue weighted by Crippen LogP contribution is -2.42. The molecule has 2 rings (SSSR count). The number of aromatic nitrogens is 1. The summed E-state index contributed by atoms with van der Waals surface area (Å²) in [6, 6.07) is 1.04. The molecule has 2 nitrogen and oxygen atoms in total. The molecular weight excluding hydrogens is 240 g/mol. The van der Waals surface area contributed by atoms with Gasteiger partial charge >= 0.3 is 0 Å². The molecule has 3 unspecified atom stereocenters. The fourth-order valence-corrected chi connectivity index (χ4v) is 3.94. The van der Waals surface area contributed by atoms with Crippen molar-refractivity contribution >= 4 is 11.3 Å². The second-order valence-electron chi connectivity index (χ2n) is 6.69. The number of aryl methyl sites for hydroxylation is 1. The summed E-state index contributed by atoms with van der Waals surface area (Å²) in [5.74, 6) is 0.761. The Morgan fingerprint density at radius 1 is 1.50 bits per heavy atom. The van der Waals surface area contributed by atoms with E-state index in [1.165, 1.54) is 29.1 Å². The minimum Gasteiger partial charge on any atom is -0.305 e. The fraction of sp³-hybridized carbons (Fsp3) is 0.800. The first-order chi connectivity index (χ1) is 8.37. The summed E-state index contributed by atoms with van der Waals surface area (Å²) >= 11 is 1.81. The third-order valence-corrected chi connectivity index (χ3v) is 5.26. The third kappa shape index (κ3) is 3.33. The Kier molecular flexibility index (Phi) is 4.12. The fourth-order valence-electron chi connectivity index (χ4n) is 3.16. The smallest absolute Gasteiger partial charge is 0.109 e. The van der Waals surface area contributed by atoms with E-state index in [1.54, 1.807) is 0 Å². The molecule has 1 heterocycles. The Morgan fingerprint density at radius 2 is 2.22 bits per heavy atom. The zero-order valence-corrected chi connectivity index (χ0v) is 13.1. The van der Waals surface area contributed by atoms with Gasteiger partial charge in [0.15, 0.2) is 0 Å². The number of hydrogen-bond acceptors (Lipinski definition) is 3. The number of rotatable bonds is 3. The largest absolute Gasteiger partial charge is 0.305 e. The van der Waals surface area contributed by atoms with Gasteiger partial charge in [-0.1, -0.05) is 20.8 Å². The molecule has 0 spiro atoms. The van der Waals surface area contributed by atoms with Crippen LogP contribution < -0.4 is 5.32 Å². The standard InChI is InChI=1S/C15H26N2S/c1-10-8-15(4,5)7-6-13(10)17-12(3)14-16-9-11(2)18-14/h9-10,12-13,17H,6-8H2,1-5H3. The van der Waals surface area contributed by atoms with Gasteiger partial charge in [0.05, 0.1) is 6.04 Å². The molecular formula is C15H26N2S. The highest BCUT2D eigenvalue weighted by Gasteiger charge is 2.33. The summed E-state index contributed by atoms with van der Waals surface area (Å²) in [6.45, 7) is 11.5. The van der Waals surface area contributed by atoms with Gasteiger partial charge in [-0.05, 0) is 44.4 Å². The SMILES string of the molecule is Cc1cnc(C(C)NC2CCC(C)(C)CC2C)s1. The van der Waals surface area contributed by atoms with E-state index < -0.39 is 0 Å². The van der Waals surface area contributed by atoms with Gasteiger partial charge in [-0.15, -0.1) is 11.3 Å². The van der Waals surface area contributed by atoms with Crippen molar-refractivity contribution < 1.29 is 0 Å². The average molecular weight is 266 g/mol. The van der Waals surface area contributed by atoms with Crippen molar-refractivity contribution in [2.45, 2.75) is 66.0 Å². The van der Waals surface area contributed by atoms with Gasteiger partial charge in [-0.3, -0.25) is 0 Å². The molecule has 1 aliphatic rings. The van der Waals surface area contributed by atoms with Crippen molar-refractivity contribution in [3.63, 3.8) is 0 Å². The van der Waals surface area contributed by atoms with E-state index in [4.69, 9.17) is 0 Å². The molecule has 0 aliphatic heterocycles. The van der Waals surface area contributed by atoms with Crippen molar-refractivity contribution in [3.8, 4) is 0 Å². The van der Waals surface area contributed by atoms with Crippen molar-refractivity contribution in [1.82, 2.24) is 10.3 Å². The van der Waals surface area contributed by atoms with Crippen LogP contribution in [0.3, 0.4) is 0 Å². The molecule has 1 aliphatic carbocycles. The van der Waals surface area contributed by atoms with E-state index >= 15 is 0 Å². The van der Waals surface area contributed by atoms with Gasteiger partial charge < -0.3 is 5.32 Å². The molecule has 0 saturated heterocycles. The summed E-state index contributed by atoms with van der Waals surface area (Å²) in [4.78, 5) is 5.79. The predicted molar refractivity (Wildman–Crippen MR) is 79.0 cm³/mol. The lowest BCUT2D eigenvalue weighted by atomic mass is 9.70. The van der Waals surface area contributed by atoms with Gasteiger partial charge in [0.25, 0.3) is 0 Å². The van der Waals surface area contributed by atoms with Crippen LogP contribution in [0.1, 0.15) is 62.9 Å². The van der Waals surface area contributed by atoms with Crippen LogP contribution in [-0.4, -0.2) is 11.0 Å². The molecule has 1 aromatic rings. The Morgan fingerprint density at radius 3 is 2.78 bits per heavy atom. The molecule has 3 heteroatoms. The normalized spacial score (nSPS) is 29.2. The van der Waals surface area contributed by atoms with Crippen LogP contribution in [0.25, 0.3) is 0 Å². The van der Waals surface area contributed by atoms with Gasteiger partial charge in [0, 0.05) is 17.1 Å². The van der Waals surface area contributed by atoms with Gasteiger partial charge in [-0.2, -0.15) is 0 Å². The predicted octanol–water partition coefficient (Wildman–Crippen LogP) is 4.32. The zero-order valence-electron chi connectivity index (χ0n) is 12.3. The van der Waals surface area contributed by atoms with E-state index in [-0.39, 0.29) is 0 Å². The third-order valence-electron chi connectivity index (χ3n) is 4.17. The maximum atomic E-state index is 4.49. The average Bonchev–Trinajstić information content (AvgIpc) is 2.68. The topological polar surface area (TPSA) is 24.9 Å². The highest BCUT2D eigenvalue weighted by Crippen LogP contribution is 2.39. The van der Waals surface area contributed by atoms with E-state index in [1.807, 2.05) is 17.5 Å². The van der Waals surface area contributed by atoms with Crippen LogP contribution in [0.4, 0.5) is 0 Å². The molecule has 18 heavy (non-hydrogen) atoms. The second kappa shape index (κ2) is 5.30. The Labute approximate surface area is 115 Å². The first kappa shape index (κ1) is 14.0. The Balaban J connectivity index is 1.94. The number of thiazole rings is 1. The first-order valence-corrected chi connectivity index (χ1v) is 7.87. The van der Waals surface area contributed by atoms with Crippen LogP contribution in [0.15, 0.2) is 6.20 Å². The lowest BCUT2D eigenvalue weighted by molar-refractivity contribution is 0.143. The first-order valence-electron chi connectivity index (χ1n) is 7.06. The Hall–Kier alpha value is -0.410. The lowest BCUT2D eigenvalue weighted by Gasteiger charge is -2.40. The van der Waals surface area contributed by atoms with Crippen LogP contribution >= 0.6 is 11.3 Å². The monoisotopic (exact) mass is 266 g/mol. The molecule has 0 aromatic carbocycles. The highest BCUT2D eigenvalue weighted by molar-refractivity contribution is 7.11. The molecule has 0 bridgehead atoms. The highest BCUT2D eigenvalue weighted by atomic mass is 32.1. The molecule has 1 N–H and O–H groups in total. The van der Waals surface area contributed by atoms with E-state index in [9.17, 15) is 0 Å². The van der Waals surface area contributed by atoms with Crippen molar-refractivity contribution in [2.24, 2.45) is 11.3 Å². The molecule has 0 amide bonds. The minimum absolute atomic E-state index is 0.386. The van der Waals surface area contributed by atoms with E-state index in [0.717, 1.165) is 5.92 Å². The number of nitrogens with one attached hydrogen (secondary N) is 1. The maximum absolute atomic E-state index is 4.49. The summed E-state index contributed by atoms with van der Waals surface area (Å²) in [5.41, 5.74) is 0.526. The summed E-state index contributed by atoms with van der Waals surface area (Å²) in [5, 5.41) is 5.01. The van der Waals surface area contributed by atoms with Gasteiger partial charge in [0.2, 0.25) is 0 Å². The quantitative estimate of drug-likeness (QED) is 0.881. The molecule has 0 radical (unpaired) electrons. The maximum Gasteiger partial charge on any atom is 0.109 e. The molecule has 1 saturated carbocycles. The minimum atomic E-state index is 0.386. The molecule has 1 aromatic heterocycles. The van der Waals surface area contributed by atoms with Crippen LogP contribution in [0.5, 0.6) is 0 Å². The Bertz CT molecular complexity index is 397. The van der Waals surface area contributed by atoms with E-state index in [2.05, 4.69) is 44.9 Å². The molecule has 3 atom stereocenters. The molecule has 1 fully saturated rings. The van der Waals surface area contributed by atoms with E-state index in [0.29, 0.717) is 17.5 Å². The van der Waals surface area contributed by atoms with Crippen molar-refractivity contribution in [2.75, 3.05) is 0 Å². The number of nitrogens with zero attached hydrogens (tertiary/aromatic N) is 1. The van der Waals surface area contributed by atoms with Gasteiger partial charge in [-0.25, -0.2) is 4.98 Å². The van der Waals surface area contributed by atoms with Crippen LogP contribution in [0.2, 0.25) is 0 Å². The van der Waals surface area contributed by atoms with Crippen LogP contribution in [-0.2, 0) is 0 Å². The molecule has 102 valence electrons. The van der Waals surface area contributed by atoms with Gasteiger partial charge in [0.1, 0.15) is 5.01 Å². The van der Waals surface area contributed by atoms with Crippen molar-refractivity contribution in [3.05, 3.63) is 16.1 Å². The number of hydrogen-bond donors (Lipinski definition) is 1. The van der Waals surface area contributed by atoms with Crippen molar-refractivity contribution in [1.29, 1.82) is 0 Å².